The van der Waals surface area contributed by atoms with Crippen molar-refractivity contribution in [2.45, 2.75) is 51.9 Å². The van der Waals surface area contributed by atoms with E-state index in [1.54, 1.807) is 12.1 Å². The van der Waals surface area contributed by atoms with E-state index in [1.807, 2.05) is 43.3 Å². The van der Waals surface area contributed by atoms with Crippen LogP contribution in [-0.2, 0) is 23.8 Å². The van der Waals surface area contributed by atoms with Crippen molar-refractivity contribution in [3.8, 4) is 16.9 Å². The normalized spacial score (nSPS) is 16.9. The topological polar surface area (TPSA) is 150 Å². The minimum Gasteiger partial charge on any atom is -0.491 e. The van der Waals surface area contributed by atoms with Crippen molar-refractivity contribution in [1.29, 1.82) is 5.41 Å². The summed E-state index contributed by atoms with van der Waals surface area (Å²) in [5.74, 6) is -0.759. The molecule has 0 bridgehead atoms. The summed E-state index contributed by atoms with van der Waals surface area (Å²) in [4.78, 5) is 36.0. The van der Waals surface area contributed by atoms with Gasteiger partial charge in [0.1, 0.15) is 18.2 Å². The fourth-order valence-electron chi connectivity index (χ4n) is 3.82. The SMILES string of the molecule is CCCCOC(=O)OC(C)OC(=O)C[C@@H]1C[C@@H](COc2ccc(-c3ccc(C(=N)N)cc3)cc2)NC1=O.Cl. The van der Waals surface area contributed by atoms with E-state index in [4.69, 9.17) is 30.1 Å². The second kappa shape index (κ2) is 14.8. The van der Waals surface area contributed by atoms with Gasteiger partial charge >= 0.3 is 12.1 Å². The fraction of sp³-hybridized carbons (Fsp3) is 0.407. The number of amides is 1. The molecule has 2 aromatic carbocycles. The number of amidine groups is 1. The maximum Gasteiger partial charge on any atom is 0.511 e. The summed E-state index contributed by atoms with van der Waals surface area (Å²) < 4.78 is 20.7. The highest BCUT2D eigenvalue weighted by Crippen LogP contribution is 2.24. The number of carbonyl (C=O) groups excluding carboxylic acids is 3. The summed E-state index contributed by atoms with van der Waals surface area (Å²) in [6, 6.07) is 14.7. The number of hydrogen-bond acceptors (Lipinski definition) is 8. The molecule has 206 valence electrons. The largest absolute Gasteiger partial charge is 0.511 e. The molecule has 11 heteroatoms. The number of ether oxygens (including phenoxy) is 4. The summed E-state index contributed by atoms with van der Waals surface area (Å²) in [7, 11) is 0. The van der Waals surface area contributed by atoms with Crippen LogP contribution in [0.3, 0.4) is 0 Å². The third-order valence-electron chi connectivity index (χ3n) is 5.81. The molecule has 1 fully saturated rings. The molecular weight excluding hydrogens is 514 g/mol. The van der Waals surface area contributed by atoms with Gasteiger partial charge in [-0.15, -0.1) is 12.4 Å². The van der Waals surface area contributed by atoms with Gasteiger partial charge in [0.15, 0.2) is 0 Å². The number of nitrogens with two attached hydrogens (primary N) is 1. The zero-order chi connectivity index (χ0) is 26.8. The smallest absolute Gasteiger partial charge is 0.491 e. The second-order valence-corrected chi connectivity index (χ2v) is 8.80. The van der Waals surface area contributed by atoms with Crippen molar-refractivity contribution < 1.29 is 33.3 Å². The summed E-state index contributed by atoms with van der Waals surface area (Å²) in [6.45, 7) is 3.87. The van der Waals surface area contributed by atoms with Gasteiger partial charge in [-0.3, -0.25) is 15.0 Å². The molecule has 1 saturated heterocycles. The molecule has 0 saturated carbocycles. The van der Waals surface area contributed by atoms with Crippen molar-refractivity contribution in [2.24, 2.45) is 11.7 Å². The quantitative estimate of drug-likeness (QED) is 0.118. The first-order valence-corrected chi connectivity index (χ1v) is 12.3. The van der Waals surface area contributed by atoms with E-state index in [0.717, 1.165) is 17.5 Å². The molecule has 1 heterocycles. The first kappa shape index (κ1) is 30.4. The molecule has 10 nitrogen and oxygen atoms in total. The second-order valence-electron chi connectivity index (χ2n) is 8.80. The van der Waals surface area contributed by atoms with Gasteiger partial charge in [-0.1, -0.05) is 49.7 Å². The molecule has 0 radical (unpaired) electrons. The lowest BCUT2D eigenvalue weighted by atomic mass is 10.0. The van der Waals surface area contributed by atoms with E-state index in [-0.39, 0.29) is 49.8 Å². The number of esters is 1. The van der Waals surface area contributed by atoms with Crippen LogP contribution in [0.25, 0.3) is 11.1 Å². The van der Waals surface area contributed by atoms with Crippen molar-refractivity contribution in [3.63, 3.8) is 0 Å². The Bertz CT molecular complexity index is 1090. The van der Waals surface area contributed by atoms with Gasteiger partial charge in [0, 0.05) is 12.5 Å². The van der Waals surface area contributed by atoms with E-state index >= 15 is 0 Å². The number of halogens is 1. The van der Waals surface area contributed by atoms with Crippen molar-refractivity contribution in [2.75, 3.05) is 13.2 Å². The van der Waals surface area contributed by atoms with Crippen LogP contribution in [0.4, 0.5) is 4.79 Å². The third-order valence-corrected chi connectivity index (χ3v) is 5.81. The Hall–Kier alpha value is -3.79. The average molecular weight is 548 g/mol. The standard InChI is InChI=1S/C27H33N3O7.ClH/c1-3-4-13-34-27(33)37-17(2)36-24(31)15-21-14-22(30-26(21)32)16-35-23-11-9-19(10-12-23)18-5-7-20(8-6-18)25(28)29;/h5-12,17,21-22H,3-4,13-16H2,1-2H3,(H3,28,29)(H,30,32);1H/t17?,21-,22-;/m0./s1. The number of nitrogen functional groups attached to an aromatic ring is 1. The van der Waals surface area contributed by atoms with Crippen molar-refractivity contribution in [3.05, 3.63) is 54.1 Å². The molecule has 4 N–H and O–H groups in total. The lowest BCUT2D eigenvalue weighted by Crippen LogP contribution is -2.31. The van der Waals surface area contributed by atoms with Crippen molar-refractivity contribution >= 4 is 36.3 Å². The van der Waals surface area contributed by atoms with Crippen LogP contribution in [0.1, 0.15) is 45.1 Å². The van der Waals surface area contributed by atoms with E-state index in [0.29, 0.717) is 24.2 Å². The Morgan fingerprint density at radius 2 is 1.71 bits per heavy atom. The average Bonchev–Trinajstić information content (AvgIpc) is 3.21. The Labute approximate surface area is 228 Å². The van der Waals surface area contributed by atoms with Gasteiger partial charge in [0.25, 0.3) is 0 Å². The van der Waals surface area contributed by atoms with Crippen LogP contribution in [0.2, 0.25) is 0 Å². The van der Waals surface area contributed by atoms with Gasteiger partial charge < -0.3 is 30.0 Å². The van der Waals surface area contributed by atoms with Crippen LogP contribution in [0, 0.1) is 11.3 Å². The molecule has 38 heavy (non-hydrogen) atoms. The van der Waals surface area contributed by atoms with Gasteiger partial charge in [-0.05, 0) is 36.1 Å². The Morgan fingerprint density at radius 3 is 2.32 bits per heavy atom. The number of hydrogen-bond donors (Lipinski definition) is 3. The molecule has 0 aliphatic carbocycles. The van der Waals surface area contributed by atoms with E-state index in [2.05, 4.69) is 5.32 Å². The van der Waals surface area contributed by atoms with Crippen LogP contribution in [0.5, 0.6) is 5.75 Å². The molecule has 2 aromatic rings. The zero-order valence-corrected chi connectivity index (χ0v) is 22.3. The van der Waals surface area contributed by atoms with Gasteiger partial charge in [-0.2, -0.15) is 0 Å². The highest BCUT2D eigenvalue weighted by molar-refractivity contribution is 5.95. The first-order valence-electron chi connectivity index (χ1n) is 12.3. The van der Waals surface area contributed by atoms with Crippen LogP contribution in [0.15, 0.2) is 48.5 Å². The summed E-state index contributed by atoms with van der Waals surface area (Å²) in [6.07, 6.45) is -0.128. The fourth-order valence-corrected chi connectivity index (χ4v) is 3.82. The minimum absolute atomic E-state index is 0. The van der Waals surface area contributed by atoms with Crippen LogP contribution in [-0.4, -0.2) is 49.4 Å². The van der Waals surface area contributed by atoms with E-state index in [1.165, 1.54) is 6.92 Å². The van der Waals surface area contributed by atoms with Gasteiger partial charge in [0.05, 0.1) is 25.0 Å². The van der Waals surface area contributed by atoms with Crippen LogP contribution < -0.4 is 15.8 Å². The molecule has 0 aromatic heterocycles. The highest BCUT2D eigenvalue weighted by atomic mass is 35.5. The number of carbonyl (C=O) groups is 3. The molecule has 1 amide bonds. The maximum atomic E-state index is 12.3. The van der Waals surface area contributed by atoms with Crippen molar-refractivity contribution in [1.82, 2.24) is 5.32 Å². The number of unbranched alkanes of at least 4 members (excludes halogenated alkanes) is 1. The Balaban J connectivity index is 0.00000507. The predicted molar refractivity (Wildman–Crippen MR) is 143 cm³/mol. The molecule has 1 unspecified atom stereocenters. The lowest BCUT2D eigenvalue weighted by Gasteiger charge is -2.15. The Kier molecular flexibility index (Phi) is 11.9. The van der Waals surface area contributed by atoms with Gasteiger partial charge in [-0.25, -0.2) is 4.79 Å². The number of rotatable bonds is 12. The third kappa shape index (κ3) is 9.26. The predicted octanol–water partition coefficient (Wildman–Crippen LogP) is 4.18. The maximum absolute atomic E-state index is 12.3. The monoisotopic (exact) mass is 547 g/mol. The minimum atomic E-state index is -1.11. The number of nitrogens with one attached hydrogen (secondary N) is 2. The molecule has 3 atom stereocenters. The zero-order valence-electron chi connectivity index (χ0n) is 21.4. The molecule has 0 spiro atoms. The lowest BCUT2D eigenvalue weighted by molar-refractivity contribution is -0.169. The molecule has 1 aliphatic heterocycles. The number of benzene rings is 2. The van der Waals surface area contributed by atoms with E-state index in [9.17, 15) is 14.4 Å². The van der Waals surface area contributed by atoms with E-state index < -0.39 is 24.3 Å². The summed E-state index contributed by atoms with van der Waals surface area (Å²) >= 11 is 0. The molecule has 1 aliphatic rings. The Morgan fingerprint density at radius 1 is 1.08 bits per heavy atom. The van der Waals surface area contributed by atoms with Crippen LogP contribution >= 0.6 is 12.4 Å². The summed E-state index contributed by atoms with van der Waals surface area (Å²) in [5.41, 5.74) is 8.14. The van der Waals surface area contributed by atoms with Gasteiger partial charge in [0.2, 0.25) is 12.2 Å². The first-order chi connectivity index (χ1) is 17.7. The summed E-state index contributed by atoms with van der Waals surface area (Å²) in [5, 5.41) is 10.3. The molecular formula is C27H34ClN3O7. The molecule has 3 rings (SSSR count). The highest BCUT2D eigenvalue weighted by Gasteiger charge is 2.34.